The van der Waals surface area contributed by atoms with Crippen LogP contribution in [0.4, 0.5) is 0 Å². The van der Waals surface area contributed by atoms with E-state index >= 15 is 0 Å². The molecule has 0 saturated carbocycles. The Kier molecular flexibility index (Phi) is 4.43. The van der Waals surface area contributed by atoms with Crippen molar-refractivity contribution in [1.82, 2.24) is 8.87 Å². The lowest BCUT2D eigenvalue weighted by molar-refractivity contribution is 0.414. The second kappa shape index (κ2) is 6.16. The lowest BCUT2D eigenvalue weighted by atomic mass is 10.0. The van der Waals surface area contributed by atoms with Crippen LogP contribution in [-0.2, 0) is 16.4 Å². The zero-order valence-electron chi connectivity index (χ0n) is 14.5. The zero-order valence-corrected chi connectivity index (χ0v) is 16.1. The largest absolute Gasteiger partial charge is 0.309 e. The first kappa shape index (κ1) is 18.0. The first-order valence-electron chi connectivity index (χ1n) is 8.05. The molecule has 4 rings (SSSR count). The number of halogens is 1. The van der Waals surface area contributed by atoms with Crippen LogP contribution in [0.3, 0.4) is 0 Å². The number of aromatic nitrogens is 1. The Bertz CT molecular complexity index is 1070. The number of benzene rings is 2. The van der Waals surface area contributed by atoms with Crippen LogP contribution in [0.2, 0.25) is 0 Å². The SMILES string of the molecule is Cc1ccc2c(c1)-c1c(CCN(C)C)c3ccccc3n1S2(=O)=O.Cl. The Morgan fingerprint density at radius 3 is 2.52 bits per heavy atom. The molecule has 0 atom stereocenters. The molecule has 4 nitrogen and oxygen atoms in total. The summed E-state index contributed by atoms with van der Waals surface area (Å²) in [5.74, 6) is 0. The van der Waals surface area contributed by atoms with E-state index in [1.807, 2.05) is 57.4 Å². The van der Waals surface area contributed by atoms with Gasteiger partial charge in [0.05, 0.1) is 16.1 Å². The van der Waals surface area contributed by atoms with Gasteiger partial charge in [0.1, 0.15) is 0 Å². The fourth-order valence-electron chi connectivity index (χ4n) is 3.54. The van der Waals surface area contributed by atoms with Crippen LogP contribution in [0.1, 0.15) is 11.1 Å². The fraction of sp³-hybridized carbons (Fsp3) is 0.263. The molecule has 25 heavy (non-hydrogen) atoms. The minimum atomic E-state index is -3.52. The number of nitrogens with zero attached hydrogens (tertiary/aromatic N) is 2. The van der Waals surface area contributed by atoms with Gasteiger partial charge in [-0.1, -0.05) is 29.8 Å². The molecule has 0 amide bonds. The Balaban J connectivity index is 0.00000182. The quantitative estimate of drug-likeness (QED) is 0.547. The molecule has 1 aliphatic heterocycles. The summed E-state index contributed by atoms with van der Waals surface area (Å²) in [7, 11) is 0.547. The molecule has 6 heteroatoms. The number of hydrogen-bond acceptors (Lipinski definition) is 3. The molecule has 3 aromatic rings. The van der Waals surface area contributed by atoms with Gasteiger partial charge in [-0.3, -0.25) is 0 Å². The third-order valence-electron chi connectivity index (χ3n) is 4.65. The molecular formula is C19H21ClN2O2S. The molecule has 2 heterocycles. The van der Waals surface area contributed by atoms with Gasteiger partial charge in [-0.15, -0.1) is 12.4 Å². The van der Waals surface area contributed by atoms with Crippen molar-refractivity contribution in [2.75, 3.05) is 20.6 Å². The summed E-state index contributed by atoms with van der Waals surface area (Å²) in [6, 6.07) is 13.4. The molecule has 1 aromatic heterocycles. The normalized spacial score (nSPS) is 14.4. The van der Waals surface area contributed by atoms with Gasteiger partial charge in [-0.25, -0.2) is 12.4 Å². The maximum Gasteiger partial charge on any atom is 0.269 e. The van der Waals surface area contributed by atoms with Crippen molar-refractivity contribution >= 4 is 33.3 Å². The van der Waals surface area contributed by atoms with Crippen LogP contribution in [0.25, 0.3) is 22.2 Å². The van der Waals surface area contributed by atoms with Crippen LogP contribution in [0.5, 0.6) is 0 Å². The van der Waals surface area contributed by atoms with Gasteiger partial charge in [0.2, 0.25) is 0 Å². The molecule has 0 radical (unpaired) electrons. The van der Waals surface area contributed by atoms with Crippen molar-refractivity contribution < 1.29 is 8.42 Å². The summed E-state index contributed by atoms with van der Waals surface area (Å²) < 4.78 is 27.7. The second-order valence-electron chi connectivity index (χ2n) is 6.67. The monoisotopic (exact) mass is 376 g/mol. The predicted octanol–water partition coefficient (Wildman–Crippen LogP) is 3.69. The van der Waals surface area contributed by atoms with Crippen LogP contribution >= 0.6 is 12.4 Å². The standard InChI is InChI=1S/C19H20N2O2S.ClH/c1-13-8-9-18-16(12-13)19-15(10-11-20(2)3)14-6-4-5-7-17(14)21(19)24(18,22)23;/h4-9,12H,10-11H2,1-3H3;1H. The summed E-state index contributed by atoms with van der Waals surface area (Å²) in [5.41, 5.74) is 4.64. The van der Waals surface area contributed by atoms with Gasteiger partial charge < -0.3 is 4.90 Å². The van der Waals surface area contributed by atoms with Crippen molar-refractivity contribution in [2.24, 2.45) is 0 Å². The Morgan fingerprint density at radius 1 is 1.08 bits per heavy atom. The fourth-order valence-corrected chi connectivity index (χ4v) is 5.28. The van der Waals surface area contributed by atoms with E-state index in [9.17, 15) is 8.42 Å². The van der Waals surface area contributed by atoms with Crippen LogP contribution in [0.15, 0.2) is 47.4 Å². The van der Waals surface area contributed by atoms with Gasteiger partial charge >= 0.3 is 0 Å². The van der Waals surface area contributed by atoms with E-state index in [1.165, 1.54) is 3.97 Å². The van der Waals surface area contributed by atoms with E-state index in [1.54, 1.807) is 6.07 Å². The number of likely N-dealkylation sites (N-methyl/N-ethyl adjacent to an activating group) is 1. The van der Waals surface area contributed by atoms with Gasteiger partial charge in [-0.2, -0.15) is 0 Å². The average molecular weight is 377 g/mol. The van der Waals surface area contributed by atoms with Gasteiger partial charge in [0.15, 0.2) is 0 Å². The lowest BCUT2D eigenvalue weighted by Crippen LogP contribution is -2.15. The molecule has 0 N–H and O–H groups in total. The Morgan fingerprint density at radius 2 is 1.80 bits per heavy atom. The molecule has 0 aliphatic carbocycles. The number of aryl methyl sites for hydroxylation is 1. The van der Waals surface area contributed by atoms with Gasteiger partial charge in [0.25, 0.3) is 10.0 Å². The lowest BCUT2D eigenvalue weighted by Gasteiger charge is -2.10. The Hall–Kier alpha value is -1.82. The zero-order chi connectivity index (χ0) is 17.1. The van der Waals surface area contributed by atoms with Crippen LogP contribution < -0.4 is 0 Å². The minimum Gasteiger partial charge on any atom is -0.309 e. The predicted molar refractivity (Wildman–Crippen MR) is 104 cm³/mol. The molecule has 2 aromatic carbocycles. The summed E-state index contributed by atoms with van der Waals surface area (Å²) in [6.45, 7) is 2.87. The maximum atomic E-state index is 13.1. The van der Waals surface area contributed by atoms with Crippen molar-refractivity contribution in [1.29, 1.82) is 0 Å². The van der Waals surface area contributed by atoms with E-state index < -0.39 is 10.0 Å². The summed E-state index contributed by atoms with van der Waals surface area (Å²) in [6.07, 6.45) is 0.818. The maximum absolute atomic E-state index is 13.1. The molecule has 0 bridgehead atoms. The number of hydrogen-bond donors (Lipinski definition) is 0. The molecule has 1 aliphatic rings. The first-order valence-corrected chi connectivity index (χ1v) is 9.49. The van der Waals surface area contributed by atoms with Crippen molar-refractivity contribution in [3.8, 4) is 11.3 Å². The Labute approximate surface area is 154 Å². The second-order valence-corrected chi connectivity index (χ2v) is 8.42. The van der Waals surface area contributed by atoms with E-state index in [0.29, 0.717) is 4.90 Å². The highest BCUT2D eigenvalue weighted by atomic mass is 35.5. The molecule has 0 unspecified atom stereocenters. The number of rotatable bonds is 3. The highest BCUT2D eigenvalue weighted by Crippen LogP contribution is 2.45. The van der Waals surface area contributed by atoms with E-state index in [-0.39, 0.29) is 12.4 Å². The summed E-state index contributed by atoms with van der Waals surface area (Å²) >= 11 is 0. The van der Waals surface area contributed by atoms with E-state index in [4.69, 9.17) is 0 Å². The van der Waals surface area contributed by atoms with Gasteiger partial charge in [-0.05, 0) is 51.2 Å². The van der Waals surface area contributed by atoms with Crippen LogP contribution in [-0.4, -0.2) is 37.9 Å². The summed E-state index contributed by atoms with van der Waals surface area (Å²) in [5, 5.41) is 1.03. The minimum absolute atomic E-state index is 0. The number of para-hydroxylation sites is 1. The first-order chi connectivity index (χ1) is 11.4. The van der Waals surface area contributed by atoms with E-state index in [2.05, 4.69) is 4.90 Å². The van der Waals surface area contributed by atoms with Crippen molar-refractivity contribution in [2.45, 2.75) is 18.2 Å². The van der Waals surface area contributed by atoms with Crippen molar-refractivity contribution in [3.05, 3.63) is 53.6 Å². The smallest absolute Gasteiger partial charge is 0.269 e. The third-order valence-corrected chi connectivity index (χ3v) is 6.43. The third kappa shape index (κ3) is 2.58. The summed E-state index contributed by atoms with van der Waals surface area (Å²) in [4.78, 5) is 2.54. The molecule has 0 spiro atoms. The highest BCUT2D eigenvalue weighted by molar-refractivity contribution is 7.90. The topological polar surface area (TPSA) is 42.3 Å². The molecule has 0 saturated heterocycles. The van der Waals surface area contributed by atoms with Crippen LogP contribution in [0, 0.1) is 6.92 Å². The molecular weight excluding hydrogens is 356 g/mol. The highest BCUT2D eigenvalue weighted by Gasteiger charge is 2.36. The molecule has 132 valence electrons. The number of fused-ring (bicyclic) bond motifs is 5. The molecule has 0 fully saturated rings. The van der Waals surface area contributed by atoms with E-state index in [0.717, 1.165) is 46.3 Å². The van der Waals surface area contributed by atoms with Crippen molar-refractivity contribution in [3.63, 3.8) is 0 Å². The average Bonchev–Trinajstić information content (AvgIpc) is 2.97. The van der Waals surface area contributed by atoms with Gasteiger partial charge in [0, 0.05) is 17.5 Å².